The fourth-order valence-electron chi connectivity index (χ4n) is 2.10. The van der Waals surface area contributed by atoms with Crippen LogP contribution in [0.1, 0.15) is 17.2 Å². The molecule has 2 N–H and O–H groups in total. The molecule has 0 saturated carbocycles. The number of nitrogens with zero attached hydrogens (tertiary/aromatic N) is 1. The molecule has 1 atom stereocenters. The number of benzene rings is 2. The van der Waals surface area contributed by atoms with Crippen LogP contribution in [0.5, 0.6) is 0 Å². The molecule has 0 aliphatic carbocycles. The monoisotopic (exact) mass is 292 g/mol. The van der Waals surface area contributed by atoms with Gasteiger partial charge >= 0.3 is 0 Å². The first-order chi connectivity index (χ1) is 9.49. The molecule has 0 aliphatic rings. The number of halogens is 2. The first-order valence-electron chi connectivity index (χ1n) is 6.45. The molecule has 0 radical (unpaired) electrons. The van der Waals surface area contributed by atoms with Gasteiger partial charge in [-0.05, 0) is 36.2 Å². The van der Waals surface area contributed by atoms with E-state index in [0.717, 1.165) is 11.3 Å². The van der Waals surface area contributed by atoms with Crippen molar-refractivity contribution >= 4 is 17.3 Å². The molecule has 4 heteroatoms. The Morgan fingerprint density at radius 1 is 1.20 bits per heavy atom. The van der Waals surface area contributed by atoms with E-state index < -0.39 is 0 Å². The van der Waals surface area contributed by atoms with Crippen molar-refractivity contribution in [3.05, 3.63) is 64.4 Å². The van der Waals surface area contributed by atoms with E-state index in [1.165, 1.54) is 6.07 Å². The fraction of sp³-hybridized carbons (Fsp3) is 0.250. The zero-order chi connectivity index (χ0) is 14.7. The fourth-order valence-corrected chi connectivity index (χ4v) is 2.34. The Labute approximate surface area is 124 Å². The molecule has 2 nitrogen and oxygen atoms in total. The lowest BCUT2D eigenvalue weighted by molar-refractivity contribution is 0.593. The zero-order valence-corrected chi connectivity index (χ0v) is 12.4. The molecule has 0 heterocycles. The van der Waals surface area contributed by atoms with Crippen LogP contribution in [0.4, 0.5) is 10.1 Å². The predicted molar refractivity (Wildman–Crippen MR) is 82.8 cm³/mol. The van der Waals surface area contributed by atoms with Crippen molar-refractivity contribution in [3.8, 4) is 0 Å². The van der Waals surface area contributed by atoms with Crippen LogP contribution in [0.25, 0.3) is 0 Å². The second-order valence-electron chi connectivity index (χ2n) is 5.00. The van der Waals surface area contributed by atoms with Crippen LogP contribution in [0.3, 0.4) is 0 Å². The molecule has 106 valence electrons. The smallest absolute Gasteiger partial charge is 0.127 e. The minimum atomic E-state index is -0.309. The summed E-state index contributed by atoms with van der Waals surface area (Å²) >= 11 is 6.04. The average Bonchev–Trinajstić information content (AvgIpc) is 2.43. The third kappa shape index (κ3) is 3.30. The number of hydrogen-bond donors (Lipinski definition) is 1. The van der Waals surface area contributed by atoms with Crippen molar-refractivity contribution in [3.63, 3.8) is 0 Å². The topological polar surface area (TPSA) is 29.3 Å². The largest absolute Gasteiger partial charge is 0.378 e. The van der Waals surface area contributed by atoms with E-state index >= 15 is 0 Å². The quantitative estimate of drug-likeness (QED) is 0.929. The summed E-state index contributed by atoms with van der Waals surface area (Å²) in [5, 5.41) is 0.421. The Morgan fingerprint density at radius 2 is 1.90 bits per heavy atom. The molecule has 2 aromatic rings. The van der Waals surface area contributed by atoms with Crippen LogP contribution in [0.15, 0.2) is 42.5 Å². The van der Waals surface area contributed by atoms with Gasteiger partial charge in [0.15, 0.2) is 0 Å². The molecule has 0 bridgehead atoms. The van der Waals surface area contributed by atoms with Gasteiger partial charge < -0.3 is 10.6 Å². The first-order valence-corrected chi connectivity index (χ1v) is 6.82. The third-order valence-corrected chi connectivity index (χ3v) is 3.65. The number of rotatable bonds is 4. The van der Waals surface area contributed by atoms with E-state index in [-0.39, 0.29) is 11.9 Å². The normalized spacial score (nSPS) is 12.2. The summed E-state index contributed by atoms with van der Waals surface area (Å²) in [6, 6.07) is 12.3. The molecule has 0 aromatic heterocycles. The summed E-state index contributed by atoms with van der Waals surface area (Å²) in [5.74, 6) is -0.309. The van der Waals surface area contributed by atoms with Gasteiger partial charge in [-0.25, -0.2) is 4.39 Å². The predicted octanol–water partition coefficient (Wildman–Crippen LogP) is 3.79. The van der Waals surface area contributed by atoms with E-state index in [9.17, 15) is 4.39 Å². The van der Waals surface area contributed by atoms with Gasteiger partial charge in [-0.2, -0.15) is 0 Å². The van der Waals surface area contributed by atoms with Gasteiger partial charge in [0.05, 0.1) is 0 Å². The van der Waals surface area contributed by atoms with Gasteiger partial charge in [-0.1, -0.05) is 29.8 Å². The van der Waals surface area contributed by atoms with Gasteiger partial charge in [0.25, 0.3) is 0 Å². The molecule has 1 unspecified atom stereocenters. The van der Waals surface area contributed by atoms with E-state index in [0.29, 0.717) is 17.0 Å². The summed E-state index contributed by atoms with van der Waals surface area (Å²) in [4.78, 5) is 2.01. The molecule has 0 amide bonds. The second-order valence-corrected chi connectivity index (χ2v) is 5.41. The van der Waals surface area contributed by atoms with Gasteiger partial charge in [0, 0.05) is 36.4 Å². The summed E-state index contributed by atoms with van der Waals surface area (Å²) in [5.41, 5.74) is 8.69. The van der Waals surface area contributed by atoms with Crippen molar-refractivity contribution < 1.29 is 4.39 Å². The maximum atomic E-state index is 13.8. The van der Waals surface area contributed by atoms with Crippen LogP contribution >= 0.6 is 11.6 Å². The number of nitrogens with two attached hydrogens (primary N) is 1. The standard InChI is InChI=1S/C16H18ClFN2/c1-20(2)12-6-3-5-11(9-12)16(19)10-13-14(17)7-4-8-15(13)18/h3-9,16H,10,19H2,1-2H3. The lowest BCUT2D eigenvalue weighted by Crippen LogP contribution is -2.16. The molecular formula is C16H18ClFN2. The molecule has 0 aliphatic heterocycles. The molecule has 0 spiro atoms. The molecular weight excluding hydrogens is 275 g/mol. The van der Waals surface area contributed by atoms with Gasteiger partial charge in [0.2, 0.25) is 0 Å². The summed E-state index contributed by atoms with van der Waals surface area (Å²) in [6.45, 7) is 0. The maximum absolute atomic E-state index is 13.8. The number of hydrogen-bond acceptors (Lipinski definition) is 2. The molecule has 2 rings (SSSR count). The average molecular weight is 293 g/mol. The molecule has 0 saturated heterocycles. The highest BCUT2D eigenvalue weighted by Gasteiger charge is 2.14. The highest BCUT2D eigenvalue weighted by molar-refractivity contribution is 6.31. The van der Waals surface area contributed by atoms with E-state index in [4.69, 9.17) is 17.3 Å². The molecule has 0 fully saturated rings. The van der Waals surface area contributed by atoms with Gasteiger partial charge in [-0.15, -0.1) is 0 Å². The Morgan fingerprint density at radius 3 is 2.55 bits per heavy atom. The van der Waals surface area contributed by atoms with E-state index in [1.807, 2.05) is 43.3 Å². The van der Waals surface area contributed by atoms with E-state index in [2.05, 4.69) is 0 Å². The maximum Gasteiger partial charge on any atom is 0.127 e. The van der Waals surface area contributed by atoms with Gasteiger partial charge in [0.1, 0.15) is 5.82 Å². The van der Waals surface area contributed by atoms with Crippen molar-refractivity contribution in [1.29, 1.82) is 0 Å². The minimum Gasteiger partial charge on any atom is -0.378 e. The molecule has 20 heavy (non-hydrogen) atoms. The van der Waals surface area contributed by atoms with Crippen LogP contribution in [-0.2, 0) is 6.42 Å². The minimum absolute atomic E-state index is 0.288. The summed E-state index contributed by atoms with van der Waals surface area (Å²) in [6.07, 6.45) is 0.377. The Kier molecular flexibility index (Phi) is 4.63. The molecule has 2 aromatic carbocycles. The highest BCUT2D eigenvalue weighted by Crippen LogP contribution is 2.26. The lowest BCUT2D eigenvalue weighted by atomic mass is 9.99. The number of anilines is 1. The highest BCUT2D eigenvalue weighted by atomic mass is 35.5. The SMILES string of the molecule is CN(C)c1cccc(C(N)Cc2c(F)cccc2Cl)c1. The van der Waals surface area contributed by atoms with Crippen molar-refractivity contribution in [1.82, 2.24) is 0 Å². The van der Waals surface area contributed by atoms with Crippen LogP contribution in [0, 0.1) is 5.82 Å². The van der Waals surface area contributed by atoms with E-state index in [1.54, 1.807) is 12.1 Å². The first kappa shape index (κ1) is 14.8. The zero-order valence-electron chi connectivity index (χ0n) is 11.6. The van der Waals surface area contributed by atoms with Crippen molar-refractivity contribution in [2.24, 2.45) is 5.73 Å². The van der Waals surface area contributed by atoms with Crippen LogP contribution < -0.4 is 10.6 Å². The van der Waals surface area contributed by atoms with Crippen molar-refractivity contribution in [2.45, 2.75) is 12.5 Å². The Hall–Kier alpha value is -1.58. The van der Waals surface area contributed by atoms with Crippen LogP contribution in [-0.4, -0.2) is 14.1 Å². The lowest BCUT2D eigenvalue weighted by Gasteiger charge is -2.18. The van der Waals surface area contributed by atoms with Gasteiger partial charge in [-0.3, -0.25) is 0 Å². The second kappa shape index (κ2) is 6.25. The Bertz CT molecular complexity index is 579. The van der Waals surface area contributed by atoms with Crippen molar-refractivity contribution in [2.75, 3.05) is 19.0 Å². The third-order valence-electron chi connectivity index (χ3n) is 3.30. The summed E-state index contributed by atoms with van der Waals surface area (Å²) in [7, 11) is 3.94. The van der Waals surface area contributed by atoms with Crippen LogP contribution in [0.2, 0.25) is 5.02 Å². The summed E-state index contributed by atoms with van der Waals surface area (Å²) < 4.78 is 13.8. The Balaban J connectivity index is 2.24.